The smallest absolute Gasteiger partial charge is 0.0451 e. The monoisotopic (exact) mass is 263 g/mol. The first-order valence-electron chi connectivity index (χ1n) is 7.28. The van der Waals surface area contributed by atoms with Crippen molar-refractivity contribution >= 4 is 11.6 Å². The number of likely N-dealkylation sites (tertiary alicyclic amines) is 1. The van der Waals surface area contributed by atoms with Crippen LogP contribution < -0.4 is 0 Å². The highest BCUT2D eigenvalue weighted by Crippen LogP contribution is 2.36. The molecule has 1 nitrogen and oxygen atoms in total. The van der Waals surface area contributed by atoms with Crippen molar-refractivity contribution in [2.24, 2.45) is 11.8 Å². The zero-order valence-electron chi connectivity index (χ0n) is 10.9. The van der Waals surface area contributed by atoms with Crippen LogP contribution in [0.4, 0.5) is 0 Å². The maximum atomic E-state index is 6.25. The second-order valence-electron chi connectivity index (χ2n) is 5.92. The van der Waals surface area contributed by atoms with Gasteiger partial charge < -0.3 is 0 Å². The van der Waals surface area contributed by atoms with Crippen LogP contribution in [0.1, 0.15) is 37.7 Å². The van der Waals surface area contributed by atoms with E-state index in [0.717, 1.165) is 23.4 Å². The molecular formula is C16H22ClN. The molecule has 98 valence electrons. The van der Waals surface area contributed by atoms with Crippen LogP contribution >= 0.6 is 11.6 Å². The number of benzene rings is 1. The minimum absolute atomic E-state index is 0.920. The van der Waals surface area contributed by atoms with E-state index < -0.39 is 0 Å². The summed E-state index contributed by atoms with van der Waals surface area (Å²) in [4.78, 5) is 2.60. The molecule has 0 amide bonds. The molecule has 1 heterocycles. The third-order valence-corrected chi connectivity index (χ3v) is 5.10. The molecule has 2 heteroatoms. The van der Waals surface area contributed by atoms with Gasteiger partial charge in [0.15, 0.2) is 0 Å². The highest BCUT2D eigenvalue weighted by atomic mass is 35.5. The van der Waals surface area contributed by atoms with Gasteiger partial charge in [-0.15, -0.1) is 0 Å². The summed E-state index contributed by atoms with van der Waals surface area (Å²) in [7, 11) is 0. The Labute approximate surface area is 115 Å². The molecule has 0 N–H and O–H groups in total. The molecule has 18 heavy (non-hydrogen) atoms. The summed E-state index contributed by atoms with van der Waals surface area (Å²) < 4.78 is 0. The topological polar surface area (TPSA) is 3.24 Å². The number of halogens is 1. The molecule has 2 fully saturated rings. The lowest BCUT2D eigenvalue weighted by molar-refractivity contribution is 0.0821. The van der Waals surface area contributed by atoms with Gasteiger partial charge in [0.1, 0.15) is 0 Å². The van der Waals surface area contributed by atoms with Crippen molar-refractivity contribution < 1.29 is 0 Å². The zero-order valence-corrected chi connectivity index (χ0v) is 11.7. The van der Waals surface area contributed by atoms with Crippen LogP contribution in [0, 0.1) is 11.8 Å². The fraction of sp³-hybridized carbons (Fsp3) is 0.625. The predicted octanol–water partition coefficient (Wildman–Crippen LogP) is 4.35. The summed E-state index contributed by atoms with van der Waals surface area (Å²) in [5.41, 5.74) is 1.29. The number of hydrogen-bond donors (Lipinski definition) is 0. The van der Waals surface area contributed by atoms with E-state index in [1.54, 1.807) is 0 Å². The fourth-order valence-electron chi connectivity index (χ4n) is 3.69. The Hall–Kier alpha value is -0.530. The first kappa shape index (κ1) is 12.5. The maximum absolute atomic E-state index is 6.25. The van der Waals surface area contributed by atoms with Gasteiger partial charge in [-0.05, 0) is 42.9 Å². The minimum atomic E-state index is 0.920. The van der Waals surface area contributed by atoms with Crippen LogP contribution in [0.2, 0.25) is 5.02 Å². The van der Waals surface area contributed by atoms with Crippen LogP contribution in [-0.4, -0.2) is 18.0 Å². The molecule has 1 saturated heterocycles. The third-order valence-electron chi connectivity index (χ3n) is 4.73. The largest absolute Gasteiger partial charge is 0.299 e. The molecule has 1 aromatic rings. The number of hydrogen-bond acceptors (Lipinski definition) is 1. The van der Waals surface area contributed by atoms with Crippen LogP contribution in [0.25, 0.3) is 0 Å². The number of piperidine rings is 1. The van der Waals surface area contributed by atoms with Gasteiger partial charge in [0, 0.05) is 18.1 Å². The van der Waals surface area contributed by atoms with E-state index in [1.807, 2.05) is 12.1 Å². The average molecular weight is 264 g/mol. The molecule has 1 aliphatic carbocycles. The highest BCUT2D eigenvalue weighted by molar-refractivity contribution is 6.31. The molecule has 1 aromatic carbocycles. The van der Waals surface area contributed by atoms with Crippen LogP contribution in [-0.2, 0) is 6.54 Å². The lowest BCUT2D eigenvalue weighted by Gasteiger charge is -2.41. The van der Waals surface area contributed by atoms with Crippen LogP contribution in [0.3, 0.4) is 0 Å². The van der Waals surface area contributed by atoms with E-state index in [9.17, 15) is 0 Å². The molecular weight excluding hydrogens is 242 g/mol. The van der Waals surface area contributed by atoms with E-state index in [0.29, 0.717) is 0 Å². The van der Waals surface area contributed by atoms with E-state index in [2.05, 4.69) is 17.0 Å². The first-order valence-corrected chi connectivity index (χ1v) is 7.66. The number of rotatable bonds is 2. The van der Waals surface area contributed by atoms with Gasteiger partial charge in [-0.1, -0.05) is 49.1 Å². The Morgan fingerprint density at radius 2 is 1.83 bits per heavy atom. The van der Waals surface area contributed by atoms with Crippen molar-refractivity contribution in [2.75, 3.05) is 13.1 Å². The molecule has 1 saturated carbocycles. The van der Waals surface area contributed by atoms with E-state index in [4.69, 9.17) is 11.6 Å². The van der Waals surface area contributed by atoms with Crippen molar-refractivity contribution in [1.29, 1.82) is 0 Å². The Balaban J connectivity index is 1.63. The maximum Gasteiger partial charge on any atom is 0.0451 e. The quantitative estimate of drug-likeness (QED) is 0.767. The van der Waals surface area contributed by atoms with Crippen LogP contribution in [0.5, 0.6) is 0 Å². The first-order chi connectivity index (χ1) is 8.83. The lowest BCUT2D eigenvalue weighted by Crippen LogP contribution is -2.41. The Bertz CT molecular complexity index is 404. The fourth-order valence-corrected chi connectivity index (χ4v) is 3.88. The minimum Gasteiger partial charge on any atom is -0.299 e. The van der Waals surface area contributed by atoms with Crippen molar-refractivity contribution in [3.05, 3.63) is 34.9 Å². The van der Waals surface area contributed by atoms with Crippen molar-refractivity contribution in [3.63, 3.8) is 0 Å². The van der Waals surface area contributed by atoms with Crippen molar-refractivity contribution in [2.45, 2.75) is 38.6 Å². The molecule has 0 radical (unpaired) electrons. The third kappa shape index (κ3) is 2.73. The van der Waals surface area contributed by atoms with Gasteiger partial charge in [-0.25, -0.2) is 0 Å². The standard InChI is InChI=1S/C16H22ClN/c17-16-8-4-3-7-15(16)12-18-10-9-13-5-1-2-6-14(13)11-18/h3-4,7-8,13-14H,1-2,5-6,9-12H2. The Morgan fingerprint density at radius 1 is 1.06 bits per heavy atom. The van der Waals surface area contributed by atoms with Crippen molar-refractivity contribution in [1.82, 2.24) is 4.90 Å². The summed E-state index contributed by atoms with van der Waals surface area (Å²) in [5.74, 6) is 1.97. The van der Waals surface area contributed by atoms with Gasteiger partial charge in [0.05, 0.1) is 0 Å². The summed E-state index contributed by atoms with van der Waals surface area (Å²) in [5, 5.41) is 0.920. The van der Waals surface area contributed by atoms with Crippen LogP contribution in [0.15, 0.2) is 24.3 Å². The average Bonchev–Trinajstić information content (AvgIpc) is 2.41. The Kier molecular flexibility index (Phi) is 3.91. The molecule has 3 rings (SSSR count). The summed E-state index contributed by atoms with van der Waals surface area (Å²) in [6, 6.07) is 8.27. The molecule has 0 bridgehead atoms. The summed E-state index contributed by atoms with van der Waals surface area (Å²) in [6.45, 7) is 3.57. The van der Waals surface area contributed by atoms with E-state index in [1.165, 1.54) is 50.8 Å². The van der Waals surface area contributed by atoms with Gasteiger partial charge in [-0.2, -0.15) is 0 Å². The molecule has 2 unspecified atom stereocenters. The van der Waals surface area contributed by atoms with E-state index in [-0.39, 0.29) is 0 Å². The highest BCUT2D eigenvalue weighted by Gasteiger charge is 2.30. The molecule has 2 atom stereocenters. The van der Waals surface area contributed by atoms with E-state index >= 15 is 0 Å². The molecule has 0 spiro atoms. The lowest BCUT2D eigenvalue weighted by atomic mass is 9.75. The molecule has 1 aliphatic heterocycles. The van der Waals surface area contributed by atoms with Gasteiger partial charge in [0.25, 0.3) is 0 Å². The summed E-state index contributed by atoms with van der Waals surface area (Å²) in [6.07, 6.45) is 7.23. The predicted molar refractivity (Wildman–Crippen MR) is 76.8 cm³/mol. The normalized spacial score (nSPS) is 28.9. The number of nitrogens with zero attached hydrogens (tertiary/aromatic N) is 1. The molecule has 2 aliphatic rings. The molecule has 0 aromatic heterocycles. The second kappa shape index (κ2) is 5.63. The van der Waals surface area contributed by atoms with Gasteiger partial charge in [0.2, 0.25) is 0 Å². The van der Waals surface area contributed by atoms with Gasteiger partial charge in [-0.3, -0.25) is 4.90 Å². The zero-order chi connectivity index (χ0) is 12.4. The second-order valence-corrected chi connectivity index (χ2v) is 6.33. The number of fused-ring (bicyclic) bond motifs is 1. The van der Waals surface area contributed by atoms with Gasteiger partial charge >= 0.3 is 0 Å². The Morgan fingerprint density at radius 3 is 2.67 bits per heavy atom. The SMILES string of the molecule is Clc1ccccc1CN1CCC2CCCCC2C1. The van der Waals surface area contributed by atoms with Crippen molar-refractivity contribution in [3.8, 4) is 0 Å². The summed E-state index contributed by atoms with van der Waals surface area (Å²) >= 11 is 6.25.